The molecule has 2 fully saturated rings. The maximum Gasteiger partial charge on any atom is 0.331 e. The molecule has 2 aliphatic carbocycles. The second-order valence-corrected chi connectivity index (χ2v) is 8.21. The minimum Gasteiger partial charge on any atom is -0.468 e. The van der Waals surface area contributed by atoms with Crippen molar-refractivity contribution in [3.63, 3.8) is 0 Å². The summed E-state index contributed by atoms with van der Waals surface area (Å²) in [5.41, 5.74) is 3.69. The van der Waals surface area contributed by atoms with Gasteiger partial charge >= 0.3 is 11.9 Å². The number of amides is 1. The van der Waals surface area contributed by atoms with Crippen LogP contribution in [0.1, 0.15) is 74.6 Å². The molecule has 1 heterocycles. The van der Waals surface area contributed by atoms with Crippen LogP contribution in [0.4, 0.5) is 0 Å². The lowest BCUT2D eigenvalue weighted by Crippen LogP contribution is -2.56. The summed E-state index contributed by atoms with van der Waals surface area (Å²) in [6.45, 7) is 0. The molecule has 0 unspecified atom stereocenters. The molecule has 0 saturated heterocycles. The number of hydrogen-bond donors (Lipinski definition) is 3. The van der Waals surface area contributed by atoms with E-state index in [1.807, 2.05) is 0 Å². The van der Waals surface area contributed by atoms with Crippen LogP contribution in [0, 0.1) is 0 Å². The van der Waals surface area contributed by atoms with Gasteiger partial charge in [0.15, 0.2) is 0 Å². The van der Waals surface area contributed by atoms with E-state index in [2.05, 4.69) is 15.0 Å². The fourth-order valence-electron chi connectivity index (χ4n) is 4.21. The Morgan fingerprint density at radius 3 is 1.97 bits per heavy atom. The van der Waals surface area contributed by atoms with Gasteiger partial charge in [0.2, 0.25) is 0 Å². The molecule has 180 valence electrons. The van der Waals surface area contributed by atoms with E-state index >= 15 is 0 Å². The molecular weight excluding hydrogens is 438 g/mol. The van der Waals surface area contributed by atoms with Gasteiger partial charge < -0.3 is 25.5 Å². The highest BCUT2D eigenvalue weighted by Gasteiger charge is 2.42. The number of methoxy groups -OCH3 is 2. The Kier molecular flexibility index (Phi) is 10.9. The summed E-state index contributed by atoms with van der Waals surface area (Å²) in [7, 11) is 2.70. The second kappa shape index (κ2) is 12.6. The zero-order chi connectivity index (χ0) is 22.9. The van der Waals surface area contributed by atoms with Gasteiger partial charge in [0.05, 0.1) is 14.2 Å². The molecule has 4 N–H and O–H groups in total. The molecule has 1 aromatic rings. The van der Waals surface area contributed by atoms with Crippen molar-refractivity contribution < 1.29 is 23.9 Å². The number of ether oxygens (including phenoxy) is 2. The lowest BCUT2D eigenvalue weighted by Gasteiger charge is -2.35. The molecular formula is C22H34ClN3O6. The number of aromatic nitrogens is 1. The van der Waals surface area contributed by atoms with Crippen LogP contribution < -0.4 is 16.6 Å². The van der Waals surface area contributed by atoms with Crippen LogP contribution in [0.2, 0.25) is 0 Å². The first-order valence-corrected chi connectivity index (χ1v) is 10.7. The van der Waals surface area contributed by atoms with Gasteiger partial charge in [-0.2, -0.15) is 0 Å². The summed E-state index contributed by atoms with van der Waals surface area (Å²) < 4.78 is 9.45. The van der Waals surface area contributed by atoms with Crippen molar-refractivity contribution in [3.8, 4) is 0 Å². The van der Waals surface area contributed by atoms with Crippen LogP contribution in [0.25, 0.3) is 0 Å². The van der Waals surface area contributed by atoms with Gasteiger partial charge in [-0.1, -0.05) is 38.5 Å². The van der Waals surface area contributed by atoms with Gasteiger partial charge in [0, 0.05) is 6.20 Å². The summed E-state index contributed by atoms with van der Waals surface area (Å²) >= 11 is 0. The molecule has 0 bridgehead atoms. The predicted molar refractivity (Wildman–Crippen MR) is 122 cm³/mol. The van der Waals surface area contributed by atoms with Crippen LogP contribution in [0.15, 0.2) is 23.1 Å². The second-order valence-electron chi connectivity index (χ2n) is 8.21. The predicted octanol–water partition coefficient (Wildman–Crippen LogP) is 2.22. The number of esters is 2. The van der Waals surface area contributed by atoms with E-state index in [-0.39, 0.29) is 23.9 Å². The average Bonchev–Trinajstić information content (AvgIpc) is 2.79. The lowest BCUT2D eigenvalue weighted by molar-refractivity contribution is -0.150. The fourth-order valence-corrected chi connectivity index (χ4v) is 4.21. The van der Waals surface area contributed by atoms with E-state index < -0.39 is 28.5 Å². The van der Waals surface area contributed by atoms with E-state index in [9.17, 15) is 19.2 Å². The van der Waals surface area contributed by atoms with Crippen molar-refractivity contribution in [1.29, 1.82) is 0 Å². The molecule has 3 rings (SSSR count). The summed E-state index contributed by atoms with van der Waals surface area (Å²) in [6.07, 6.45) is 10.1. The van der Waals surface area contributed by atoms with Crippen molar-refractivity contribution in [2.45, 2.75) is 75.3 Å². The SMILES string of the molecule is COC(=O)C1(N)CCCCC1.COC(=O)C1(NC(=O)c2ccc[nH]c2=O)CCCCC1.Cl. The number of H-pyrrole nitrogens is 1. The molecule has 9 nitrogen and oxygen atoms in total. The van der Waals surface area contributed by atoms with Crippen molar-refractivity contribution >= 4 is 30.3 Å². The molecule has 1 aromatic heterocycles. The third-order valence-corrected chi connectivity index (χ3v) is 6.04. The maximum atomic E-state index is 12.2. The minimum absolute atomic E-state index is 0. The molecule has 0 radical (unpaired) electrons. The third kappa shape index (κ3) is 6.80. The quantitative estimate of drug-likeness (QED) is 0.571. The van der Waals surface area contributed by atoms with E-state index in [1.165, 1.54) is 32.9 Å². The minimum atomic E-state index is -1.01. The van der Waals surface area contributed by atoms with Crippen LogP contribution in [0.3, 0.4) is 0 Å². The topological polar surface area (TPSA) is 141 Å². The van der Waals surface area contributed by atoms with E-state index in [4.69, 9.17) is 10.5 Å². The number of halogens is 1. The lowest BCUT2D eigenvalue weighted by atomic mass is 9.81. The van der Waals surface area contributed by atoms with E-state index in [0.717, 1.165) is 44.9 Å². The fraction of sp³-hybridized carbons (Fsp3) is 0.636. The largest absolute Gasteiger partial charge is 0.468 e. The smallest absolute Gasteiger partial charge is 0.331 e. The van der Waals surface area contributed by atoms with Gasteiger partial charge in [-0.25, -0.2) is 4.79 Å². The van der Waals surface area contributed by atoms with Crippen molar-refractivity contribution in [2.24, 2.45) is 5.73 Å². The van der Waals surface area contributed by atoms with Gasteiger partial charge in [-0.05, 0) is 37.8 Å². The number of aromatic amines is 1. The highest BCUT2D eigenvalue weighted by molar-refractivity contribution is 5.97. The number of nitrogens with one attached hydrogen (secondary N) is 2. The van der Waals surface area contributed by atoms with Crippen LogP contribution in [0.5, 0.6) is 0 Å². The van der Waals surface area contributed by atoms with Crippen LogP contribution in [-0.2, 0) is 19.1 Å². The van der Waals surface area contributed by atoms with E-state index in [0.29, 0.717) is 12.8 Å². The van der Waals surface area contributed by atoms with Gasteiger partial charge in [0.25, 0.3) is 11.5 Å². The Morgan fingerprint density at radius 2 is 1.47 bits per heavy atom. The molecule has 0 atom stereocenters. The van der Waals surface area contributed by atoms with Crippen molar-refractivity contribution in [2.75, 3.05) is 14.2 Å². The molecule has 2 aliphatic rings. The zero-order valence-corrected chi connectivity index (χ0v) is 19.6. The Balaban J connectivity index is 0.000000364. The van der Waals surface area contributed by atoms with Crippen molar-refractivity contribution in [3.05, 3.63) is 34.2 Å². The standard InChI is InChI=1S/C14H18N2O4.C8H15NO2.ClH/c1-20-13(19)14(7-3-2-4-8-14)16-12(18)10-6-5-9-15-11(10)17;1-11-7(10)8(9)5-3-2-4-6-8;/h5-6,9H,2-4,7-8H2,1H3,(H,15,17)(H,16,18);2-6,9H2,1H3;1H. The van der Waals surface area contributed by atoms with E-state index in [1.54, 1.807) is 6.07 Å². The van der Waals surface area contributed by atoms with Crippen LogP contribution in [-0.4, -0.2) is 48.1 Å². The summed E-state index contributed by atoms with van der Waals surface area (Å²) in [6, 6.07) is 3.00. The number of nitrogens with two attached hydrogens (primary N) is 1. The Bertz CT molecular complexity index is 829. The first kappa shape index (κ1) is 27.6. The Hall–Kier alpha value is -2.39. The Morgan fingerprint density at radius 1 is 0.938 bits per heavy atom. The molecule has 0 aliphatic heterocycles. The third-order valence-electron chi connectivity index (χ3n) is 6.04. The monoisotopic (exact) mass is 471 g/mol. The van der Waals surface area contributed by atoms with Gasteiger partial charge in [-0.3, -0.25) is 14.4 Å². The first-order chi connectivity index (χ1) is 14.8. The molecule has 10 heteroatoms. The first-order valence-electron chi connectivity index (χ1n) is 10.7. The number of pyridine rings is 1. The number of rotatable bonds is 4. The number of hydrogen-bond acceptors (Lipinski definition) is 7. The molecule has 0 aromatic carbocycles. The number of carbonyl (C=O) groups is 3. The normalized spacial score (nSPS) is 18.6. The highest BCUT2D eigenvalue weighted by Crippen LogP contribution is 2.29. The highest BCUT2D eigenvalue weighted by atomic mass is 35.5. The molecule has 2 saturated carbocycles. The Labute approximate surface area is 194 Å². The molecule has 32 heavy (non-hydrogen) atoms. The van der Waals surface area contributed by atoms with Crippen LogP contribution >= 0.6 is 12.4 Å². The van der Waals surface area contributed by atoms with Gasteiger partial charge in [0.1, 0.15) is 16.6 Å². The molecule has 1 amide bonds. The maximum absolute atomic E-state index is 12.2. The number of carbonyl (C=O) groups excluding carboxylic acids is 3. The summed E-state index contributed by atoms with van der Waals surface area (Å²) in [4.78, 5) is 49.4. The molecule has 0 spiro atoms. The average molecular weight is 472 g/mol. The van der Waals surface area contributed by atoms with Gasteiger partial charge in [-0.15, -0.1) is 12.4 Å². The summed E-state index contributed by atoms with van der Waals surface area (Å²) in [5, 5.41) is 2.71. The summed E-state index contributed by atoms with van der Waals surface area (Å²) in [5.74, 6) is -1.24. The zero-order valence-electron chi connectivity index (χ0n) is 18.7. The van der Waals surface area contributed by atoms with Crippen molar-refractivity contribution in [1.82, 2.24) is 10.3 Å².